The zero-order chi connectivity index (χ0) is 17.1. The van der Waals surface area contributed by atoms with Crippen molar-refractivity contribution in [1.82, 2.24) is 4.72 Å². The summed E-state index contributed by atoms with van der Waals surface area (Å²) in [5.74, 6) is -0.731. The molecule has 0 aromatic heterocycles. The number of aliphatic carboxylic acids is 1. The molecule has 0 spiro atoms. The molecule has 8 heteroatoms. The second kappa shape index (κ2) is 6.97. The summed E-state index contributed by atoms with van der Waals surface area (Å²) in [6.07, 6.45) is 0.0567. The fraction of sp³-hybridized carbons (Fsp3) is 0.500. The predicted octanol–water partition coefficient (Wildman–Crippen LogP) is 2.69. The van der Waals surface area contributed by atoms with E-state index in [9.17, 15) is 13.2 Å². The van der Waals surface area contributed by atoms with Crippen molar-refractivity contribution in [3.05, 3.63) is 22.2 Å². The molecule has 0 saturated heterocycles. The minimum Gasteiger partial charge on any atom is -0.495 e. The Morgan fingerprint density at radius 3 is 2.50 bits per heavy atom. The molecule has 2 N–H and O–H groups in total. The number of carboxylic acid groups (broad SMARTS) is 1. The number of sulfonamides is 1. The molecule has 0 amide bonds. The number of ether oxygens (including phenoxy) is 1. The molecule has 0 aliphatic carbocycles. The van der Waals surface area contributed by atoms with Gasteiger partial charge in [-0.15, -0.1) is 0 Å². The van der Waals surface area contributed by atoms with Gasteiger partial charge in [0.2, 0.25) is 10.0 Å². The van der Waals surface area contributed by atoms with Crippen LogP contribution in [-0.4, -0.2) is 32.1 Å². The Hall–Kier alpha value is -1.12. The summed E-state index contributed by atoms with van der Waals surface area (Å²) in [4.78, 5) is 10.7. The van der Waals surface area contributed by atoms with Crippen molar-refractivity contribution in [2.24, 2.45) is 0 Å². The molecule has 1 rings (SSSR count). The van der Waals surface area contributed by atoms with E-state index in [2.05, 4.69) is 20.7 Å². The maximum absolute atomic E-state index is 12.6. The van der Waals surface area contributed by atoms with Crippen LogP contribution in [0.25, 0.3) is 0 Å². The first-order valence-electron chi connectivity index (χ1n) is 6.58. The van der Waals surface area contributed by atoms with Crippen LogP contribution in [0, 0.1) is 6.92 Å². The number of aryl methyl sites for hydroxylation is 1. The molecule has 0 aliphatic rings. The molecule has 0 radical (unpaired) electrons. The van der Waals surface area contributed by atoms with Gasteiger partial charge < -0.3 is 9.84 Å². The van der Waals surface area contributed by atoms with E-state index in [4.69, 9.17) is 9.84 Å². The van der Waals surface area contributed by atoms with Crippen LogP contribution in [0.1, 0.15) is 32.3 Å². The quantitative estimate of drug-likeness (QED) is 0.742. The normalized spacial score (nSPS) is 12.2. The Kier molecular flexibility index (Phi) is 6.00. The van der Waals surface area contributed by atoms with Crippen LogP contribution in [0.5, 0.6) is 5.75 Å². The summed E-state index contributed by atoms with van der Waals surface area (Å²) in [5, 5.41) is 8.74. The van der Waals surface area contributed by atoms with Gasteiger partial charge in [0, 0.05) is 16.4 Å². The molecule has 0 aliphatic heterocycles. The van der Waals surface area contributed by atoms with Gasteiger partial charge in [-0.05, 0) is 44.9 Å². The fourth-order valence-electron chi connectivity index (χ4n) is 1.90. The molecule has 6 nitrogen and oxygen atoms in total. The first-order chi connectivity index (χ1) is 9.98. The van der Waals surface area contributed by atoms with Crippen molar-refractivity contribution >= 4 is 31.9 Å². The number of hydrogen-bond donors (Lipinski definition) is 2. The average Bonchev–Trinajstić information content (AvgIpc) is 2.38. The van der Waals surface area contributed by atoms with Gasteiger partial charge in [-0.1, -0.05) is 15.9 Å². The number of hydrogen-bond acceptors (Lipinski definition) is 4. The van der Waals surface area contributed by atoms with Crippen molar-refractivity contribution in [2.75, 3.05) is 7.11 Å². The molecule has 0 unspecified atom stereocenters. The highest BCUT2D eigenvalue weighted by Gasteiger charge is 2.29. The van der Waals surface area contributed by atoms with Gasteiger partial charge in [-0.25, -0.2) is 13.1 Å². The van der Waals surface area contributed by atoms with E-state index in [1.807, 2.05) is 6.92 Å². The van der Waals surface area contributed by atoms with Crippen molar-refractivity contribution in [2.45, 2.75) is 44.0 Å². The van der Waals surface area contributed by atoms with Gasteiger partial charge >= 0.3 is 5.97 Å². The van der Waals surface area contributed by atoms with Crippen molar-refractivity contribution in [1.29, 1.82) is 0 Å². The summed E-state index contributed by atoms with van der Waals surface area (Å²) < 4.78 is 33.5. The van der Waals surface area contributed by atoms with Crippen LogP contribution in [0.15, 0.2) is 21.5 Å². The maximum atomic E-state index is 12.6. The molecule has 0 fully saturated rings. The van der Waals surface area contributed by atoms with Crippen LogP contribution in [-0.2, 0) is 14.8 Å². The van der Waals surface area contributed by atoms with Gasteiger partial charge in [0.1, 0.15) is 10.6 Å². The van der Waals surface area contributed by atoms with Crippen LogP contribution in [0.4, 0.5) is 0 Å². The standard InChI is InChI=1S/C14H20BrNO5S/c1-9-7-11(21-4)12(8-10(9)15)22(19,20)16-14(2,3)6-5-13(17)18/h7-8,16H,5-6H2,1-4H3,(H,17,18). The highest BCUT2D eigenvalue weighted by Crippen LogP contribution is 2.31. The molecule has 1 aromatic carbocycles. The Bertz CT molecular complexity index is 670. The number of halogens is 1. The SMILES string of the molecule is COc1cc(C)c(Br)cc1S(=O)(=O)NC(C)(C)CCC(=O)O. The highest BCUT2D eigenvalue weighted by molar-refractivity contribution is 9.10. The lowest BCUT2D eigenvalue weighted by molar-refractivity contribution is -0.137. The summed E-state index contributed by atoms with van der Waals surface area (Å²) in [6, 6.07) is 3.10. The van der Waals surface area contributed by atoms with Crippen molar-refractivity contribution in [3.63, 3.8) is 0 Å². The number of methoxy groups -OCH3 is 1. The lowest BCUT2D eigenvalue weighted by atomic mass is 10.0. The minimum absolute atomic E-state index is 0.0101. The third-order valence-electron chi connectivity index (χ3n) is 3.11. The summed E-state index contributed by atoms with van der Waals surface area (Å²) in [5.41, 5.74) is -0.0412. The Morgan fingerprint density at radius 1 is 1.41 bits per heavy atom. The lowest BCUT2D eigenvalue weighted by Gasteiger charge is -2.26. The first-order valence-corrected chi connectivity index (χ1v) is 8.86. The molecule has 1 aromatic rings. The molecule has 0 heterocycles. The van der Waals surface area contributed by atoms with Gasteiger partial charge in [0.15, 0.2) is 0 Å². The molecular formula is C14H20BrNO5S. The second-order valence-electron chi connectivity index (χ2n) is 5.64. The third kappa shape index (κ3) is 4.96. The van der Waals surface area contributed by atoms with E-state index in [0.29, 0.717) is 4.47 Å². The first kappa shape index (κ1) is 18.9. The molecule has 0 bridgehead atoms. The smallest absolute Gasteiger partial charge is 0.303 e. The minimum atomic E-state index is -3.85. The van der Waals surface area contributed by atoms with Crippen LogP contribution in [0.3, 0.4) is 0 Å². The second-order valence-corrected chi connectivity index (χ2v) is 8.14. The highest BCUT2D eigenvalue weighted by atomic mass is 79.9. The zero-order valence-electron chi connectivity index (χ0n) is 12.9. The monoisotopic (exact) mass is 393 g/mol. The fourth-order valence-corrected chi connectivity index (χ4v) is 4.01. The molecule has 0 saturated carbocycles. The van der Waals surface area contributed by atoms with E-state index in [-0.39, 0.29) is 23.5 Å². The van der Waals surface area contributed by atoms with Crippen molar-refractivity contribution < 1.29 is 23.1 Å². The number of nitrogens with one attached hydrogen (secondary N) is 1. The predicted molar refractivity (Wildman–Crippen MR) is 86.7 cm³/mol. The van der Waals surface area contributed by atoms with Crippen LogP contribution < -0.4 is 9.46 Å². The maximum Gasteiger partial charge on any atom is 0.303 e. The Balaban J connectivity index is 3.14. The number of carboxylic acids is 1. The van der Waals surface area contributed by atoms with Gasteiger partial charge in [0.25, 0.3) is 0 Å². The Labute approximate surface area is 139 Å². The Morgan fingerprint density at radius 2 is 2.00 bits per heavy atom. The van der Waals surface area contributed by atoms with Crippen molar-refractivity contribution in [3.8, 4) is 5.75 Å². The number of rotatable bonds is 7. The summed E-state index contributed by atoms with van der Waals surface area (Å²) in [6.45, 7) is 5.11. The largest absolute Gasteiger partial charge is 0.495 e. The van der Waals surface area contributed by atoms with Gasteiger partial charge in [0.05, 0.1) is 7.11 Å². The lowest BCUT2D eigenvalue weighted by Crippen LogP contribution is -2.43. The van der Waals surface area contributed by atoms with E-state index in [1.54, 1.807) is 19.9 Å². The van der Waals surface area contributed by atoms with E-state index in [1.165, 1.54) is 13.2 Å². The third-order valence-corrected chi connectivity index (χ3v) is 5.68. The zero-order valence-corrected chi connectivity index (χ0v) is 15.3. The molecule has 124 valence electrons. The van der Waals surface area contributed by atoms with Gasteiger partial charge in [-0.2, -0.15) is 0 Å². The summed E-state index contributed by atoms with van der Waals surface area (Å²) >= 11 is 3.31. The molecule has 0 atom stereocenters. The van der Waals surface area contributed by atoms with E-state index in [0.717, 1.165) is 5.56 Å². The topological polar surface area (TPSA) is 92.7 Å². The number of carbonyl (C=O) groups is 1. The average molecular weight is 394 g/mol. The van der Waals surface area contributed by atoms with E-state index >= 15 is 0 Å². The van der Waals surface area contributed by atoms with E-state index < -0.39 is 21.5 Å². The summed E-state index contributed by atoms with van der Waals surface area (Å²) in [7, 11) is -2.45. The van der Waals surface area contributed by atoms with Crippen LogP contribution in [0.2, 0.25) is 0 Å². The molecular weight excluding hydrogens is 374 g/mol. The van der Waals surface area contributed by atoms with Gasteiger partial charge in [-0.3, -0.25) is 4.79 Å². The molecule has 22 heavy (non-hydrogen) atoms. The number of benzene rings is 1. The van der Waals surface area contributed by atoms with Crippen LogP contribution >= 0.6 is 15.9 Å².